The summed E-state index contributed by atoms with van der Waals surface area (Å²) in [6, 6.07) is 12.9. The first kappa shape index (κ1) is 16.0. The number of benzene rings is 2. The summed E-state index contributed by atoms with van der Waals surface area (Å²) < 4.78 is 7.35. The molecule has 3 N–H and O–H groups in total. The molecule has 0 radical (unpaired) electrons. The van der Waals surface area contributed by atoms with Crippen molar-refractivity contribution in [2.75, 3.05) is 11.9 Å². The van der Waals surface area contributed by atoms with Crippen molar-refractivity contribution in [3.05, 3.63) is 57.0 Å². The zero-order valence-electron chi connectivity index (χ0n) is 11.1. The van der Waals surface area contributed by atoms with Crippen LogP contribution >= 0.6 is 31.9 Å². The van der Waals surface area contributed by atoms with E-state index in [-0.39, 0.29) is 12.5 Å². The highest BCUT2D eigenvalue weighted by atomic mass is 79.9. The summed E-state index contributed by atoms with van der Waals surface area (Å²) in [7, 11) is 0. The second-order valence-electron chi connectivity index (χ2n) is 4.30. The number of anilines is 1. The van der Waals surface area contributed by atoms with Crippen LogP contribution in [0.5, 0.6) is 5.75 Å². The quantitative estimate of drug-likeness (QED) is 0.785. The molecule has 6 heteroatoms. The van der Waals surface area contributed by atoms with E-state index in [9.17, 15) is 4.79 Å². The van der Waals surface area contributed by atoms with Crippen LogP contribution in [-0.2, 0) is 11.3 Å². The molecule has 0 fully saturated rings. The van der Waals surface area contributed by atoms with Gasteiger partial charge in [-0.15, -0.1) is 0 Å². The van der Waals surface area contributed by atoms with Crippen LogP contribution in [0.15, 0.2) is 51.4 Å². The van der Waals surface area contributed by atoms with Gasteiger partial charge in [0.05, 0.1) is 0 Å². The summed E-state index contributed by atoms with van der Waals surface area (Å²) in [4.78, 5) is 11.9. The third kappa shape index (κ3) is 4.84. The zero-order valence-corrected chi connectivity index (χ0v) is 14.3. The Morgan fingerprint density at radius 3 is 2.62 bits per heavy atom. The molecule has 0 aliphatic carbocycles. The average molecular weight is 414 g/mol. The second kappa shape index (κ2) is 7.59. The lowest BCUT2D eigenvalue weighted by atomic mass is 10.2. The summed E-state index contributed by atoms with van der Waals surface area (Å²) >= 11 is 6.73. The van der Waals surface area contributed by atoms with Gasteiger partial charge >= 0.3 is 0 Å². The first-order chi connectivity index (χ1) is 10.1. The van der Waals surface area contributed by atoms with E-state index in [0.717, 1.165) is 14.5 Å². The number of amides is 1. The summed E-state index contributed by atoms with van der Waals surface area (Å²) in [5, 5.41) is 2.77. The van der Waals surface area contributed by atoms with Crippen LogP contribution in [0.1, 0.15) is 5.56 Å². The molecule has 2 rings (SSSR count). The van der Waals surface area contributed by atoms with Gasteiger partial charge in [-0.1, -0.05) is 37.9 Å². The number of halogens is 2. The van der Waals surface area contributed by atoms with Crippen LogP contribution in [0.2, 0.25) is 0 Å². The molecule has 0 aliphatic heterocycles. The van der Waals surface area contributed by atoms with Gasteiger partial charge in [0, 0.05) is 26.7 Å². The minimum absolute atomic E-state index is 0.0683. The number of hydrogen-bond acceptors (Lipinski definition) is 3. The SMILES string of the molecule is NCc1cc(Br)ccc1OCC(=O)Nc1cccc(Br)c1. The molecule has 4 nitrogen and oxygen atoms in total. The fraction of sp³-hybridized carbons (Fsp3) is 0.133. The molecule has 21 heavy (non-hydrogen) atoms. The monoisotopic (exact) mass is 412 g/mol. The minimum atomic E-state index is -0.223. The van der Waals surface area contributed by atoms with Crippen molar-refractivity contribution in [3.8, 4) is 5.75 Å². The van der Waals surface area contributed by atoms with Crippen LogP contribution in [-0.4, -0.2) is 12.5 Å². The van der Waals surface area contributed by atoms with Gasteiger partial charge in [-0.2, -0.15) is 0 Å². The smallest absolute Gasteiger partial charge is 0.262 e. The maximum absolute atomic E-state index is 11.9. The van der Waals surface area contributed by atoms with Crippen LogP contribution in [0.25, 0.3) is 0 Å². The van der Waals surface area contributed by atoms with Crippen molar-refractivity contribution < 1.29 is 9.53 Å². The first-order valence-electron chi connectivity index (χ1n) is 6.25. The molecular weight excluding hydrogens is 400 g/mol. The number of hydrogen-bond donors (Lipinski definition) is 2. The number of rotatable bonds is 5. The van der Waals surface area contributed by atoms with Gasteiger partial charge in [0.25, 0.3) is 5.91 Å². The summed E-state index contributed by atoms with van der Waals surface area (Å²) in [5.74, 6) is 0.393. The second-order valence-corrected chi connectivity index (χ2v) is 6.13. The Kier molecular flexibility index (Phi) is 5.78. The summed E-state index contributed by atoms with van der Waals surface area (Å²) in [6.07, 6.45) is 0. The molecule has 0 aliphatic rings. The van der Waals surface area contributed by atoms with E-state index >= 15 is 0 Å². The average Bonchev–Trinajstić information content (AvgIpc) is 2.45. The van der Waals surface area contributed by atoms with Crippen LogP contribution in [0.4, 0.5) is 5.69 Å². The van der Waals surface area contributed by atoms with Crippen molar-refractivity contribution in [1.29, 1.82) is 0 Å². The van der Waals surface area contributed by atoms with Gasteiger partial charge in [0.2, 0.25) is 0 Å². The number of carbonyl (C=O) groups excluding carboxylic acids is 1. The van der Waals surface area contributed by atoms with E-state index in [0.29, 0.717) is 18.0 Å². The molecule has 0 heterocycles. The zero-order chi connectivity index (χ0) is 15.2. The van der Waals surface area contributed by atoms with E-state index < -0.39 is 0 Å². The molecule has 0 saturated carbocycles. The fourth-order valence-electron chi connectivity index (χ4n) is 1.75. The van der Waals surface area contributed by atoms with Gasteiger partial charge in [-0.3, -0.25) is 4.79 Å². The normalized spacial score (nSPS) is 10.2. The molecule has 2 aromatic carbocycles. The highest BCUT2D eigenvalue weighted by molar-refractivity contribution is 9.10. The number of ether oxygens (including phenoxy) is 1. The standard InChI is InChI=1S/C15H14Br2N2O2/c16-11-2-1-3-13(7-11)19-15(20)9-21-14-5-4-12(17)6-10(14)8-18/h1-7H,8-9,18H2,(H,19,20). The number of nitrogens with two attached hydrogens (primary N) is 1. The molecule has 0 spiro atoms. The Hall–Kier alpha value is -1.37. The molecule has 0 atom stereocenters. The summed E-state index contributed by atoms with van der Waals surface area (Å²) in [5.41, 5.74) is 7.22. The molecule has 1 amide bonds. The molecular formula is C15H14Br2N2O2. The molecule has 2 aromatic rings. The van der Waals surface area contributed by atoms with Crippen LogP contribution < -0.4 is 15.8 Å². The molecule has 0 bridgehead atoms. The van der Waals surface area contributed by atoms with Crippen molar-refractivity contribution >= 4 is 43.5 Å². The highest BCUT2D eigenvalue weighted by Crippen LogP contribution is 2.23. The maximum Gasteiger partial charge on any atom is 0.262 e. The van der Waals surface area contributed by atoms with E-state index in [1.807, 2.05) is 36.4 Å². The van der Waals surface area contributed by atoms with Crippen molar-refractivity contribution in [3.63, 3.8) is 0 Å². The van der Waals surface area contributed by atoms with E-state index in [1.165, 1.54) is 0 Å². The predicted molar refractivity (Wildman–Crippen MR) is 90.3 cm³/mol. The van der Waals surface area contributed by atoms with Gasteiger partial charge in [0.1, 0.15) is 5.75 Å². The lowest BCUT2D eigenvalue weighted by Gasteiger charge is -2.11. The van der Waals surface area contributed by atoms with Gasteiger partial charge in [-0.05, 0) is 36.4 Å². The topological polar surface area (TPSA) is 64.3 Å². The van der Waals surface area contributed by atoms with Crippen LogP contribution in [0, 0.1) is 0 Å². The Morgan fingerprint density at radius 1 is 1.14 bits per heavy atom. The number of nitrogens with one attached hydrogen (secondary N) is 1. The lowest BCUT2D eigenvalue weighted by Crippen LogP contribution is -2.20. The van der Waals surface area contributed by atoms with Gasteiger partial charge < -0.3 is 15.8 Å². The van der Waals surface area contributed by atoms with Gasteiger partial charge in [-0.25, -0.2) is 0 Å². The first-order valence-corrected chi connectivity index (χ1v) is 7.84. The fourth-order valence-corrected chi connectivity index (χ4v) is 2.56. The van der Waals surface area contributed by atoms with Crippen molar-refractivity contribution in [1.82, 2.24) is 0 Å². The van der Waals surface area contributed by atoms with Crippen LogP contribution in [0.3, 0.4) is 0 Å². The maximum atomic E-state index is 11.9. The Bertz CT molecular complexity index is 647. The predicted octanol–water partition coefficient (Wildman–Crippen LogP) is 3.69. The molecule has 110 valence electrons. The molecule has 0 saturated heterocycles. The molecule has 0 unspecified atom stereocenters. The highest BCUT2D eigenvalue weighted by Gasteiger charge is 2.07. The van der Waals surface area contributed by atoms with E-state index in [4.69, 9.17) is 10.5 Å². The number of carbonyl (C=O) groups is 1. The van der Waals surface area contributed by atoms with Crippen molar-refractivity contribution in [2.45, 2.75) is 6.54 Å². The van der Waals surface area contributed by atoms with E-state index in [1.54, 1.807) is 6.07 Å². The largest absolute Gasteiger partial charge is 0.483 e. The third-order valence-electron chi connectivity index (χ3n) is 2.71. The lowest BCUT2D eigenvalue weighted by molar-refractivity contribution is -0.118. The Labute approximate surface area is 139 Å². The molecule has 0 aromatic heterocycles. The summed E-state index contributed by atoms with van der Waals surface area (Å²) in [6.45, 7) is 0.281. The van der Waals surface area contributed by atoms with Crippen molar-refractivity contribution in [2.24, 2.45) is 5.73 Å². The third-order valence-corrected chi connectivity index (χ3v) is 3.70. The van der Waals surface area contributed by atoms with E-state index in [2.05, 4.69) is 37.2 Å². The Morgan fingerprint density at radius 2 is 1.90 bits per heavy atom. The van der Waals surface area contributed by atoms with Gasteiger partial charge in [0.15, 0.2) is 6.61 Å². The Balaban J connectivity index is 1.95. The minimum Gasteiger partial charge on any atom is -0.483 e.